The van der Waals surface area contributed by atoms with Crippen LogP contribution in [-0.4, -0.2) is 18.9 Å². The minimum atomic E-state index is -3.73. The molecule has 0 atom stereocenters. The maximum Gasteiger partial charge on any atom is 0.275 e. The highest BCUT2D eigenvalue weighted by Crippen LogP contribution is 2.30. The Morgan fingerprint density at radius 2 is 1.85 bits per heavy atom. The van der Waals surface area contributed by atoms with E-state index < -0.39 is 15.7 Å². The zero-order chi connectivity index (χ0) is 10.1. The molecular weight excluding hydrogens is 210 g/mol. The second-order valence-corrected chi connectivity index (χ2v) is 5.03. The molecule has 0 heterocycles. The van der Waals surface area contributed by atoms with Gasteiger partial charge in [0.15, 0.2) is 0 Å². The van der Waals surface area contributed by atoms with E-state index in [2.05, 4.69) is 4.72 Å². The van der Waals surface area contributed by atoms with Crippen molar-refractivity contribution in [3.05, 3.63) is 0 Å². The van der Waals surface area contributed by atoms with Crippen molar-refractivity contribution in [2.45, 2.75) is 31.2 Å². The Morgan fingerprint density at radius 1 is 1.38 bits per heavy atom. The summed E-state index contributed by atoms with van der Waals surface area (Å²) in [6.07, 6.45) is 3.11. The number of rotatable bonds is 3. The van der Waals surface area contributed by atoms with E-state index in [1.165, 1.54) is 0 Å². The first-order valence-corrected chi connectivity index (χ1v) is 5.93. The molecule has 0 aromatic carbocycles. The largest absolute Gasteiger partial charge is 0.392 e. The van der Waals surface area contributed by atoms with Gasteiger partial charge in [-0.15, -0.1) is 0 Å². The average Bonchev–Trinajstić information content (AvgIpc) is 2.33. The van der Waals surface area contributed by atoms with Crippen LogP contribution >= 0.6 is 12.2 Å². The molecule has 0 aromatic heterocycles. The molecule has 1 rings (SSSR count). The summed E-state index contributed by atoms with van der Waals surface area (Å²) in [4.78, 5) is 0.180. The van der Waals surface area contributed by atoms with Crippen molar-refractivity contribution in [3.63, 3.8) is 0 Å². The summed E-state index contributed by atoms with van der Waals surface area (Å²) in [7, 11) is -3.73. The second kappa shape index (κ2) is 3.49. The van der Waals surface area contributed by atoms with Gasteiger partial charge in [0.05, 0.1) is 10.5 Å². The second-order valence-electron chi connectivity index (χ2n) is 3.30. The van der Waals surface area contributed by atoms with Gasteiger partial charge in [-0.25, -0.2) is 5.14 Å². The molecule has 1 fully saturated rings. The Morgan fingerprint density at radius 3 is 2.15 bits per heavy atom. The van der Waals surface area contributed by atoms with Gasteiger partial charge in [-0.05, 0) is 12.8 Å². The van der Waals surface area contributed by atoms with Crippen LogP contribution in [0.25, 0.3) is 0 Å². The Balaban J connectivity index is 2.86. The molecule has 0 unspecified atom stereocenters. The fraction of sp³-hybridized carbons (Fsp3) is 0.833. The molecule has 0 aliphatic heterocycles. The van der Waals surface area contributed by atoms with Crippen molar-refractivity contribution >= 4 is 27.4 Å². The third-order valence-electron chi connectivity index (χ3n) is 2.27. The quantitative estimate of drug-likeness (QED) is 0.555. The Labute approximate surface area is 83.0 Å². The topological polar surface area (TPSA) is 98.2 Å². The highest BCUT2D eigenvalue weighted by atomic mass is 32.2. The molecule has 0 bridgehead atoms. The van der Waals surface area contributed by atoms with Gasteiger partial charge in [0.1, 0.15) is 0 Å². The van der Waals surface area contributed by atoms with Crippen LogP contribution in [0, 0.1) is 0 Å². The number of hydrogen-bond acceptors (Lipinski definition) is 3. The van der Waals surface area contributed by atoms with Crippen molar-refractivity contribution in [2.75, 3.05) is 0 Å². The lowest BCUT2D eigenvalue weighted by atomic mass is 10.00. The monoisotopic (exact) mass is 223 g/mol. The smallest absolute Gasteiger partial charge is 0.275 e. The van der Waals surface area contributed by atoms with Crippen LogP contribution in [0.1, 0.15) is 25.7 Å². The van der Waals surface area contributed by atoms with Crippen LogP contribution in [0.3, 0.4) is 0 Å². The van der Waals surface area contributed by atoms with Gasteiger partial charge in [0.25, 0.3) is 10.2 Å². The Bertz CT molecular complexity index is 306. The lowest BCUT2D eigenvalue weighted by Crippen LogP contribution is -2.56. The van der Waals surface area contributed by atoms with E-state index in [1.807, 2.05) is 0 Å². The SMILES string of the molecule is NC(=S)C1(NS(N)(=O)=O)CCCC1. The van der Waals surface area contributed by atoms with Gasteiger partial charge >= 0.3 is 0 Å². The molecular formula is C6H13N3O2S2. The summed E-state index contributed by atoms with van der Waals surface area (Å²) >= 11 is 4.83. The van der Waals surface area contributed by atoms with Crippen molar-refractivity contribution in [3.8, 4) is 0 Å². The molecule has 1 aliphatic carbocycles. The van der Waals surface area contributed by atoms with E-state index in [-0.39, 0.29) is 4.99 Å². The first kappa shape index (κ1) is 10.8. The summed E-state index contributed by atoms with van der Waals surface area (Å²) in [5, 5.41) is 4.88. The molecule has 5 nitrogen and oxygen atoms in total. The van der Waals surface area contributed by atoms with E-state index >= 15 is 0 Å². The van der Waals surface area contributed by atoms with Gasteiger partial charge in [-0.2, -0.15) is 13.1 Å². The standard InChI is InChI=1S/C6H13N3O2S2/c7-5(12)6(3-1-2-4-6)9-13(8,10)11/h9H,1-4H2,(H2,7,12)(H2,8,10,11). The Kier molecular flexibility index (Phi) is 2.91. The van der Waals surface area contributed by atoms with E-state index in [4.69, 9.17) is 23.1 Å². The molecule has 0 aromatic rings. The molecule has 0 saturated heterocycles. The molecule has 0 spiro atoms. The molecule has 0 radical (unpaired) electrons. The zero-order valence-electron chi connectivity index (χ0n) is 7.12. The van der Waals surface area contributed by atoms with E-state index in [9.17, 15) is 8.42 Å². The number of nitrogens with two attached hydrogens (primary N) is 2. The van der Waals surface area contributed by atoms with Gasteiger partial charge in [-0.3, -0.25) is 0 Å². The van der Waals surface area contributed by atoms with Crippen molar-refractivity contribution in [1.29, 1.82) is 0 Å². The van der Waals surface area contributed by atoms with Crippen molar-refractivity contribution in [1.82, 2.24) is 4.72 Å². The summed E-state index contributed by atoms with van der Waals surface area (Å²) in [5.41, 5.74) is 4.71. The van der Waals surface area contributed by atoms with Gasteiger partial charge in [0.2, 0.25) is 0 Å². The van der Waals surface area contributed by atoms with Gasteiger partial charge < -0.3 is 5.73 Å². The van der Waals surface area contributed by atoms with E-state index in [0.717, 1.165) is 12.8 Å². The normalized spacial score (nSPS) is 21.6. The summed E-state index contributed by atoms with van der Waals surface area (Å²) in [6.45, 7) is 0. The maximum atomic E-state index is 10.8. The van der Waals surface area contributed by atoms with Crippen LogP contribution in [-0.2, 0) is 10.2 Å². The highest BCUT2D eigenvalue weighted by Gasteiger charge is 2.39. The predicted molar refractivity (Wildman–Crippen MR) is 54.2 cm³/mol. The van der Waals surface area contributed by atoms with Crippen molar-refractivity contribution in [2.24, 2.45) is 10.9 Å². The fourth-order valence-corrected chi connectivity index (χ4v) is 2.83. The molecule has 0 amide bonds. The maximum absolute atomic E-state index is 10.8. The third kappa shape index (κ3) is 2.60. The molecule has 76 valence electrons. The fourth-order valence-electron chi connectivity index (χ4n) is 1.65. The molecule has 1 saturated carbocycles. The summed E-state index contributed by atoms with van der Waals surface area (Å²) in [5.74, 6) is 0. The minimum absolute atomic E-state index is 0.180. The lowest BCUT2D eigenvalue weighted by Gasteiger charge is -2.27. The molecule has 13 heavy (non-hydrogen) atoms. The van der Waals surface area contributed by atoms with E-state index in [0.29, 0.717) is 12.8 Å². The van der Waals surface area contributed by atoms with Crippen LogP contribution in [0.5, 0.6) is 0 Å². The molecule has 7 heteroatoms. The molecule has 5 N–H and O–H groups in total. The average molecular weight is 223 g/mol. The van der Waals surface area contributed by atoms with Crippen LogP contribution in [0.4, 0.5) is 0 Å². The van der Waals surface area contributed by atoms with E-state index in [1.54, 1.807) is 0 Å². The predicted octanol–water partition coefficient (Wildman–Crippen LogP) is -0.622. The number of thiocarbonyl (C=S) groups is 1. The highest BCUT2D eigenvalue weighted by molar-refractivity contribution is 7.87. The summed E-state index contributed by atoms with van der Waals surface area (Å²) in [6, 6.07) is 0. The zero-order valence-corrected chi connectivity index (χ0v) is 8.75. The third-order valence-corrected chi connectivity index (χ3v) is 3.33. The van der Waals surface area contributed by atoms with Crippen LogP contribution in [0.15, 0.2) is 0 Å². The van der Waals surface area contributed by atoms with Gasteiger partial charge in [-0.1, -0.05) is 25.1 Å². The van der Waals surface area contributed by atoms with Crippen molar-refractivity contribution < 1.29 is 8.42 Å². The molecule has 1 aliphatic rings. The van der Waals surface area contributed by atoms with Crippen LogP contribution < -0.4 is 15.6 Å². The number of nitrogens with one attached hydrogen (secondary N) is 1. The Hall–Kier alpha value is -0.240. The summed E-state index contributed by atoms with van der Waals surface area (Å²) < 4.78 is 24.0. The van der Waals surface area contributed by atoms with Gasteiger partial charge in [0, 0.05) is 0 Å². The lowest BCUT2D eigenvalue weighted by molar-refractivity contribution is 0.504. The first-order valence-electron chi connectivity index (χ1n) is 3.97. The first-order chi connectivity index (χ1) is 5.86. The number of hydrogen-bond donors (Lipinski definition) is 3. The van der Waals surface area contributed by atoms with Crippen LogP contribution in [0.2, 0.25) is 0 Å². The minimum Gasteiger partial charge on any atom is -0.392 e.